The van der Waals surface area contributed by atoms with Crippen molar-refractivity contribution in [3.63, 3.8) is 0 Å². The van der Waals surface area contributed by atoms with Gasteiger partial charge < -0.3 is 14.1 Å². The fraction of sp³-hybridized carbons (Fsp3) is 0.333. The number of hydrogen-bond donors (Lipinski definition) is 0. The fourth-order valence-corrected chi connectivity index (χ4v) is 3.66. The highest BCUT2D eigenvalue weighted by atomic mass is 35.5. The standard InChI is InChI=1S/C21H23ClN4O2/c1-15(20-23-24-21(28-20)16-5-3-6-17(22)13-16)25-9-11-26(12-10-25)18-7-4-8-19(14-18)27-2/h3-8,13-15H,9-12H2,1-2H3/t15-/m0/s1. The summed E-state index contributed by atoms with van der Waals surface area (Å²) in [5.41, 5.74) is 2.02. The minimum absolute atomic E-state index is 0.0629. The minimum Gasteiger partial charge on any atom is -0.497 e. The summed E-state index contributed by atoms with van der Waals surface area (Å²) in [6, 6.07) is 15.7. The van der Waals surface area contributed by atoms with Crippen molar-refractivity contribution in [1.29, 1.82) is 0 Å². The van der Waals surface area contributed by atoms with Crippen molar-refractivity contribution in [2.24, 2.45) is 0 Å². The highest BCUT2D eigenvalue weighted by Crippen LogP contribution is 2.28. The van der Waals surface area contributed by atoms with Gasteiger partial charge in [0.2, 0.25) is 11.8 Å². The fourth-order valence-electron chi connectivity index (χ4n) is 3.47. The number of piperazine rings is 1. The monoisotopic (exact) mass is 398 g/mol. The highest BCUT2D eigenvalue weighted by molar-refractivity contribution is 6.30. The molecule has 0 N–H and O–H groups in total. The van der Waals surface area contributed by atoms with Crippen LogP contribution >= 0.6 is 11.6 Å². The van der Waals surface area contributed by atoms with Gasteiger partial charge in [-0.3, -0.25) is 4.90 Å². The first-order valence-electron chi connectivity index (χ1n) is 9.36. The van der Waals surface area contributed by atoms with E-state index in [4.69, 9.17) is 20.8 Å². The first-order valence-corrected chi connectivity index (χ1v) is 9.74. The molecule has 0 radical (unpaired) electrons. The molecule has 1 fully saturated rings. The van der Waals surface area contributed by atoms with Crippen molar-refractivity contribution in [1.82, 2.24) is 15.1 Å². The van der Waals surface area contributed by atoms with Crippen molar-refractivity contribution in [3.8, 4) is 17.2 Å². The van der Waals surface area contributed by atoms with Gasteiger partial charge in [0.25, 0.3) is 0 Å². The van der Waals surface area contributed by atoms with Gasteiger partial charge in [0.1, 0.15) is 5.75 Å². The number of aromatic nitrogens is 2. The lowest BCUT2D eigenvalue weighted by atomic mass is 10.2. The van der Waals surface area contributed by atoms with E-state index in [9.17, 15) is 0 Å². The number of rotatable bonds is 5. The van der Waals surface area contributed by atoms with E-state index in [1.54, 1.807) is 7.11 Å². The van der Waals surface area contributed by atoms with E-state index < -0.39 is 0 Å². The largest absolute Gasteiger partial charge is 0.497 e. The summed E-state index contributed by atoms with van der Waals surface area (Å²) in [6.07, 6.45) is 0. The Morgan fingerprint density at radius 2 is 1.82 bits per heavy atom. The van der Waals surface area contributed by atoms with Crippen LogP contribution in [0.4, 0.5) is 5.69 Å². The molecule has 2 aromatic carbocycles. The van der Waals surface area contributed by atoms with Crippen molar-refractivity contribution in [2.75, 3.05) is 38.2 Å². The Labute approximate surface area is 169 Å². The molecule has 3 aromatic rings. The van der Waals surface area contributed by atoms with E-state index in [1.807, 2.05) is 36.4 Å². The third-order valence-electron chi connectivity index (χ3n) is 5.15. The van der Waals surface area contributed by atoms with Crippen LogP contribution in [0.5, 0.6) is 5.75 Å². The van der Waals surface area contributed by atoms with Gasteiger partial charge in [0.15, 0.2) is 0 Å². The molecular formula is C21H23ClN4O2. The molecule has 0 bridgehead atoms. The van der Waals surface area contributed by atoms with Crippen molar-refractivity contribution >= 4 is 17.3 Å². The topological polar surface area (TPSA) is 54.6 Å². The second-order valence-electron chi connectivity index (χ2n) is 6.86. The number of halogens is 1. The third-order valence-corrected chi connectivity index (χ3v) is 5.39. The Balaban J connectivity index is 1.41. The van der Waals surface area contributed by atoms with E-state index in [-0.39, 0.29) is 6.04 Å². The molecule has 1 atom stereocenters. The molecule has 0 amide bonds. The highest BCUT2D eigenvalue weighted by Gasteiger charge is 2.26. The lowest BCUT2D eigenvalue weighted by Gasteiger charge is -2.38. The quantitative estimate of drug-likeness (QED) is 0.639. The predicted octanol–water partition coefficient (Wildman–Crippen LogP) is 4.28. The average molecular weight is 399 g/mol. The molecular weight excluding hydrogens is 376 g/mol. The van der Waals surface area contributed by atoms with Gasteiger partial charge >= 0.3 is 0 Å². The number of ether oxygens (including phenoxy) is 1. The summed E-state index contributed by atoms with van der Waals surface area (Å²) < 4.78 is 11.3. The average Bonchev–Trinajstić information content (AvgIpc) is 3.24. The Morgan fingerprint density at radius 1 is 1.04 bits per heavy atom. The molecule has 1 aliphatic heterocycles. The van der Waals surface area contributed by atoms with Gasteiger partial charge in [-0.25, -0.2) is 0 Å². The van der Waals surface area contributed by atoms with E-state index in [2.05, 4.69) is 39.1 Å². The molecule has 4 rings (SSSR count). The Morgan fingerprint density at radius 3 is 2.57 bits per heavy atom. The van der Waals surface area contributed by atoms with Crippen LogP contribution in [-0.4, -0.2) is 48.4 Å². The van der Waals surface area contributed by atoms with Crippen LogP contribution in [0.1, 0.15) is 18.9 Å². The molecule has 7 heteroatoms. The molecule has 28 heavy (non-hydrogen) atoms. The molecule has 0 aliphatic carbocycles. The lowest BCUT2D eigenvalue weighted by Crippen LogP contribution is -2.47. The van der Waals surface area contributed by atoms with Crippen molar-refractivity contribution < 1.29 is 9.15 Å². The summed E-state index contributed by atoms with van der Waals surface area (Å²) in [6.45, 7) is 5.83. The maximum absolute atomic E-state index is 6.06. The van der Waals surface area contributed by atoms with Crippen LogP contribution in [-0.2, 0) is 0 Å². The molecule has 1 aromatic heterocycles. The summed E-state index contributed by atoms with van der Waals surface area (Å²) in [5, 5.41) is 9.12. The van der Waals surface area contributed by atoms with Gasteiger partial charge in [-0.15, -0.1) is 10.2 Å². The Hall–Kier alpha value is -2.57. The van der Waals surface area contributed by atoms with Crippen molar-refractivity contribution in [2.45, 2.75) is 13.0 Å². The van der Waals surface area contributed by atoms with Gasteiger partial charge in [0.05, 0.1) is 13.2 Å². The van der Waals surface area contributed by atoms with Gasteiger partial charge in [0, 0.05) is 48.5 Å². The number of nitrogens with zero attached hydrogens (tertiary/aromatic N) is 4. The predicted molar refractivity (Wildman–Crippen MR) is 110 cm³/mol. The second-order valence-corrected chi connectivity index (χ2v) is 7.29. The van der Waals surface area contributed by atoms with E-state index in [0.717, 1.165) is 37.5 Å². The summed E-state index contributed by atoms with van der Waals surface area (Å²) in [7, 11) is 1.70. The van der Waals surface area contributed by atoms with Gasteiger partial charge in [-0.1, -0.05) is 23.7 Å². The van der Waals surface area contributed by atoms with Crippen LogP contribution in [0.25, 0.3) is 11.5 Å². The molecule has 0 spiro atoms. The Bertz CT molecular complexity index is 937. The zero-order valence-corrected chi connectivity index (χ0v) is 16.8. The molecule has 0 unspecified atom stereocenters. The van der Waals surface area contributed by atoms with Crippen LogP contribution in [0, 0.1) is 0 Å². The maximum atomic E-state index is 6.06. The second kappa shape index (κ2) is 8.20. The summed E-state index contributed by atoms with van der Waals surface area (Å²) in [5.74, 6) is 2.01. The van der Waals surface area contributed by atoms with Gasteiger partial charge in [-0.05, 0) is 37.3 Å². The zero-order valence-electron chi connectivity index (χ0n) is 16.0. The van der Waals surface area contributed by atoms with Crippen molar-refractivity contribution in [3.05, 3.63) is 59.4 Å². The minimum atomic E-state index is 0.0629. The smallest absolute Gasteiger partial charge is 0.247 e. The SMILES string of the molecule is COc1cccc(N2CCN([C@@H](C)c3nnc(-c4cccc(Cl)c4)o3)CC2)c1. The van der Waals surface area contributed by atoms with E-state index >= 15 is 0 Å². The normalized spacial score (nSPS) is 16.2. The Kier molecular flexibility index (Phi) is 5.50. The summed E-state index contributed by atoms with van der Waals surface area (Å²) >= 11 is 6.06. The molecule has 2 heterocycles. The van der Waals surface area contributed by atoms with Gasteiger partial charge in [-0.2, -0.15) is 0 Å². The number of hydrogen-bond acceptors (Lipinski definition) is 6. The van der Waals surface area contributed by atoms with E-state index in [1.165, 1.54) is 5.69 Å². The number of anilines is 1. The van der Waals surface area contributed by atoms with Crippen LogP contribution in [0.3, 0.4) is 0 Å². The molecule has 146 valence electrons. The maximum Gasteiger partial charge on any atom is 0.247 e. The molecule has 0 saturated carbocycles. The lowest BCUT2D eigenvalue weighted by molar-refractivity contribution is 0.173. The zero-order chi connectivity index (χ0) is 19.5. The molecule has 1 saturated heterocycles. The molecule has 1 aliphatic rings. The first-order chi connectivity index (χ1) is 13.6. The first kappa shape index (κ1) is 18.8. The van der Waals surface area contributed by atoms with Crippen LogP contribution in [0.2, 0.25) is 5.02 Å². The number of benzene rings is 2. The van der Waals surface area contributed by atoms with E-state index in [0.29, 0.717) is 16.8 Å². The summed E-state index contributed by atoms with van der Waals surface area (Å²) in [4.78, 5) is 4.74. The number of methoxy groups -OCH3 is 1. The molecule has 6 nitrogen and oxygen atoms in total. The van der Waals surface area contributed by atoms with Crippen LogP contribution < -0.4 is 9.64 Å². The van der Waals surface area contributed by atoms with Crippen LogP contribution in [0.15, 0.2) is 52.9 Å². The third kappa shape index (κ3) is 3.98.